The molecule has 3 aliphatic heterocycles. The van der Waals surface area contributed by atoms with Crippen LogP contribution >= 0.6 is 0 Å². The molecule has 1 N–H and O–H groups in total. The summed E-state index contributed by atoms with van der Waals surface area (Å²) in [5.41, 5.74) is 0.416. The Labute approximate surface area is 194 Å². The van der Waals surface area contributed by atoms with Crippen LogP contribution in [0.3, 0.4) is 0 Å². The lowest BCUT2D eigenvalue weighted by Gasteiger charge is -2.63. The first-order valence-electron chi connectivity index (χ1n) is 12.0. The van der Waals surface area contributed by atoms with Gasteiger partial charge in [0.05, 0.1) is 5.69 Å². The standard InChI is InChI=1S/C22H27F3N8O/c23-22(24,25)33-16(3-4-26-33)7-30-8-21(9-30)12-32(13-21)19(34)31-10-20(11-31)5-15(6-20)18-27-17(28-29-18)14-1-2-14/h3-4,14-15H,1-2,5-13H2,(H,27,28,29). The van der Waals surface area contributed by atoms with Gasteiger partial charge in [0, 0.05) is 74.7 Å². The Balaban J connectivity index is 0.856. The van der Waals surface area contributed by atoms with Gasteiger partial charge in [0.1, 0.15) is 5.82 Å². The van der Waals surface area contributed by atoms with Crippen molar-refractivity contribution in [2.24, 2.45) is 10.8 Å². The van der Waals surface area contributed by atoms with Crippen LogP contribution in [0, 0.1) is 10.8 Å². The Morgan fingerprint density at radius 3 is 2.35 bits per heavy atom. The number of carbonyl (C=O) groups is 1. The van der Waals surface area contributed by atoms with Crippen LogP contribution in [0.1, 0.15) is 54.9 Å². The number of hydrogen-bond acceptors (Lipinski definition) is 5. The van der Waals surface area contributed by atoms with Crippen LogP contribution in [0.25, 0.3) is 0 Å². The molecule has 0 bridgehead atoms. The van der Waals surface area contributed by atoms with E-state index in [4.69, 9.17) is 0 Å². The van der Waals surface area contributed by atoms with Crippen LogP contribution in [0.2, 0.25) is 0 Å². The Hall–Kier alpha value is -2.63. The highest BCUT2D eigenvalue weighted by Crippen LogP contribution is 2.56. The summed E-state index contributed by atoms with van der Waals surface area (Å²) in [5.74, 6) is 2.96. The molecule has 0 radical (unpaired) electrons. The van der Waals surface area contributed by atoms with E-state index in [0.29, 0.717) is 38.0 Å². The lowest BCUT2D eigenvalue weighted by molar-refractivity contribution is -0.215. The molecule has 2 aromatic heterocycles. The van der Waals surface area contributed by atoms with E-state index in [0.717, 1.165) is 37.6 Å². The Kier molecular flexibility index (Phi) is 4.10. The van der Waals surface area contributed by atoms with E-state index in [1.165, 1.54) is 25.1 Å². The molecule has 2 saturated carbocycles. The van der Waals surface area contributed by atoms with Crippen LogP contribution in [0.15, 0.2) is 12.3 Å². The van der Waals surface area contributed by atoms with Gasteiger partial charge in [-0.25, -0.2) is 9.78 Å². The minimum atomic E-state index is -4.50. The van der Waals surface area contributed by atoms with Crippen molar-refractivity contribution in [2.45, 2.75) is 50.4 Å². The number of halogens is 3. The van der Waals surface area contributed by atoms with E-state index in [9.17, 15) is 18.0 Å². The molecule has 5 fully saturated rings. The lowest BCUT2D eigenvalue weighted by atomic mass is 9.57. The molecular weight excluding hydrogens is 449 g/mol. The number of carbonyl (C=O) groups excluding carboxylic acids is 1. The van der Waals surface area contributed by atoms with Crippen LogP contribution in [-0.2, 0) is 12.8 Å². The van der Waals surface area contributed by atoms with Crippen LogP contribution in [0.5, 0.6) is 0 Å². The molecule has 0 aromatic carbocycles. The predicted molar refractivity (Wildman–Crippen MR) is 113 cm³/mol. The highest BCUT2D eigenvalue weighted by molar-refractivity contribution is 5.77. The highest BCUT2D eigenvalue weighted by atomic mass is 19.4. The largest absolute Gasteiger partial charge is 0.504 e. The molecule has 5 aliphatic rings. The van der Waals surface area contributed by atoms with Gasteiger partial charge in [0.15, 0.2) is 5.82 Å². The summed E-state index contributed by atoms with van der Waals surface area (Å²) in [5, 5.41) is 10.9. The SMILES string of the molecule is O=C(N1CC2(CC(c3n[nH]c(C4CC4)n3)C2)C1)N1CC2(CN(Cc3ccnn3C(F)(F)F)C2)C1. The molecule has 2 aliphatic carbocycles. The van der Waals surface area contributed by atoms with Crippen molar-refractivity contribution in [2.75, 3.05) is 39.3 Å². The molecule has 12 heteroatoms. The highest BCUT2D eigenvalue weighted by Gasteiger charge is 2.58. The average Bonchev–Trinajstić information content (AvgIpc) is 3.19. The van der Waals surface area contributed by atoms with E-state index in [1.54, 1.807) is 0 Å². The fourth-order valence-electron chi connectivity index (χ4n) is 6.56. The fourth-order valence-corrected chi connectivity index (χ4v) is 6.56. The van der Waals surface area contributed by atoms with Gasteiger partial charge in [-0.2, -0.15) is 14.9 Å². The average molecular weight is 477 g/mol. The summed E-state index contributed by atoms with van der Waals surface area (Å²) >= 11 is 0. The first-order valence-corrected chi connectivity index (χ1v) is 12.0. The van der Waals surface area contributed by atoms with Crippen molar-refractivity contribution >= 4 is 6.03 Å². The van der Waals surface area contributed by atoms with Crippen molar-refractivity contribution in [1.82, 2.24) is 39.7 Å². The maximum atomic E-state index is 13.0. The van der Waals surface area contributed by atoms with Crippen LogP contribution in [0.4, 0.5) is 18.0 Å². The van der Waals surface area contributed by atoms with Crippen molar-refractivity contribution in [3.8, 4) is 0 Å². The van der Waals surface area contributed by atoms with Gasteiger partial charge in [0.25, 0.3) is 0 Å². The second kappa shape index (κ2) is 6.73. The van der Waals surface area contributed by atoms with Gasteiger partial charge < -0.3 is 9.80 Å². The normalized spacial score (nSPS) is 25.7. The number of likely N-dealkylation sites (tertiary alicyclic amines) is 3. The Bertz CT molecular complexity index is 1110. The summed E-state index contributed by atoms with van der Waals surface area (Å²) in [7, 11) is 0. The van der Waals surface area contributed by atoms with Crippen molar-refractivity contribution in [3.63, 3.8) is 0 Å². The molecule has 0 atom stereocenters. The third-order valence-corrected chi connectivity index (χ3v) is 8.32. The van der Waals surface area contributed by atoms with Gasteiger partial charge in [-0.15, -0.1) is 13.2 Å². The Morgan fingerprint density at radius 2 is 1.71 bits per heavy atom. The van der Waals surface area contributed by atoms with E-state index < -0.39 is 6.30 Å². The van der Waals surface area contributed by atoms with Crippen molar-refractivity contribution < 1.29 is 18.0 Å². The van der Waals surface area contributed by atoms with Gasteiger partial charge in [0.2, 0.25) is 0 Å². The van der Waals surface area contributed by atoms with Gasteiger partial charge in [-0.05, 0) is 31.7 Å². The van der Waals surface area contributed by atoms with Gasteiger partial charge in [-0.1, -0.05) is 0 Å². The van der Waals surface area contributed by atoms with Crippen LogP contribution in [-0.4, -0.2) is 85.0 Å². The summed E-state index contributed by atoms with van der Waals surface area (Å²) < 4.78 is 39.1. The van der Waals surface area contributed by atoms with Crippen molar-refractivity contribution in [1.29, 1.82) is 0 Å². The molecule has 2 aromatic rings. The molecule has 5 heterocycles. The number of rotatable bonds is 4. The summed E-state index contributed by atoms with van der Waals surface area (Å²) in [6, 6.07) is 1.51. The summed E-state index contributed by atoms with van der Waals surface area (Å²) in [4.78, 5) is 23.4. The first kappa shape index (κ1) is 20.7. The molecule has 3 saturated heterocycles. The van der Waals surface area contributed by atoms with E-state index in [2.05, 4.69) is 20.3 Å². The minimum absolute atomic E-state index is 0.0355. The van der Waals surface area contributed by atoms with Crippen molar-refractivity contribution in [3.05, 3.63) is 29.6 Å². The number of urea groups is 1. The fraction of sp³-hybridized carbons (Fsp3) is 0.727. The number of nitrogens with zero attached hydrogens (tertiary/aromatic N) is 7. The number of nitrogens with one attached hydrogen (secondary N) is 1. The first-order chi connectivity index (χ1) is 16.2. The molecule has 7 rings (SSSR count). The third-order valence-electron chi connectivity index (χ3n) is 8.32. The number of amides is 2. The minimum Gasteiger partial charge on any atom is -0.323 e. The molecule has 2 amide bonds. The second-order valence-electron chi connectivity index (χ2n) is 11.3. The predicted octanol–water partition coefficient (Wildman–Crippen LogP) is 2.47. The monoisotopic (exact) mass is 476 g/mol. The number of alkyl halides is 3. The zero-order chi connectivity index (χ0) is 23.3. The molecular formula is C22H27F3N8O. The van der Waals surface area contributed by atoms with Gasteiger partial charge in [-0.3, -0.25) is 10.00 Å². The molecule has 0 unspecified atom stereocenters. The zero-order valence-electron chi connectivity index (χ0n) is 18.8. The lowest BCUT2D eigenvalue weighted by Crippen LogP contribution is -2.75. The van der Waals surface area contributed by atoms with E-state index >= 15 is 0 Å². The summed E-state index contributed by atoms with van der Waals surface area (Å²) in [6.45, 7) is 4.63. The smallest absolute Gasteiger partial charge is 0.323 e. The number of hydrogen-bond donors (Lipinski definition) is 1. The maximum Gasteiger partial charge on any atom is 0.504 e. The van der Waals surface area contributed by atoms with E-state index in [1.807, 2.05) is 14.7 Å². The molecule has 34 heavy (non-hydrogen) atoms. The van der Waals surface area contributed by atoms with E-state index in [-0.39, 0.29) is 33.8 Å². The number of aromatic nitrogens is 5. The zero-order valence-corrected chi connectivity index (χ0v) is 18.8. The molecule has 2 spiro atoms. The Morgan fingerprint density at radius 1 is 1.03 bits per heavy atom. The quantitative estimate of drug-likeness (QED) is 0.733. The molecule has 9 nitrogen and oxygen atoms in total. The number of H-pyrrole nitrogens is 1. The topological polar surface area (TPSA) is 86.2 Å². The maximum absolute atomic E-state index is 13.0. The van der Waals surface area contributed by atoms with Crippen LogP contribution < -0.4 is 0 Å². The summed E-state index contributed by atoms with van der Waals surface area (Å²) in [6.07, 6.45) is 1.20. The molecule has 182 valence electrons. The second-order valence-corrected chi connectivity index (χ2v) is 11.3. The number of aromatic amines is 1. The third kappa shape index (κ3) is 3.24. The van der Waals surface area contributed by atoms with Gasteiger partial charge >= 0.3 is 12.3 Å².